The second-order valence-corrected chi connectivity index (χ2v) is 13.3. The molecule has 3 amide bonds. The first-order valence-electron chi connectivity index (χ1n) is 14.7. The van der Waals surface area contributed by atoms with E-state index in [9.17, 15) is 18.8 Å². The summed E-state index contributed by atoms with van der Waals surface area (Å²) in [6, 6.07) is 35.0. The smallest absolute Gasteiger partial charge is 0.272 e. The van der Waals surface area contributed by atoms with Gasteiger partial charge in [-0.3, -0.25) is 14.4 Å². The summed E-state index contributed by atoms with van der Waals surface area (Å²) in [6.45, 7) is 0. The molecule has 0 spiro atoms. The summed E-state index contributed by atoms with van der Waals surface area (Å²) in [7, 11) is 0. The minimum atomic E-state index is -0.599. The van der Waals surface area contributed by atoms with Crippen LogP contribution in [-0.4, -0.2) is 22.7 Å². The van der Waals surface area contributed by atoms with Crippen LogP contribution in [-0.2, 0) is 9.59 Å². The molecule has 0 aliphatic carbocycles. The molecule has 0 saturated heterocycles. The van der Waals surface area contributed by atoms with Crippen molar-refractivity contribution in [3.8, 4) is 11.3 Å². The fraction of sp³-hybridized carbons (Fsp3) is 0.0270. The summed E-state index contributed by atoms with van der Waals surface area (Å²) in [5.74, 6) is -1.45. The van der Waals surface area contributed by atoms with Gasteiger partial charge in [-0.2, -0.15) is 0 Å². The van der Waals surface area contributed by atoms with Crippen LogP contribution in [0.1, 0.15) is 26.0 Å². The highest BCUT2D eigenvalue weighted by Crippen LogP contribution is 2.37. The second-order valence-electron chi connectivity index (χ2n) is 10.3. The number of hydrogen-bond donors (Lipinski definition) is 3. The highest BCUT2D eigenvalue weighted by Gasteiger charge is 2.23. The molecule has 6 rings (SSSR count). The van der Waals surface area contributed by atoms with E-state index in [1.54, 1.807) is 54.6 Å². The molecule has 4 aromatic carbocycles. The lowest BCUT2D eigenvalue weighted by molar-refractivity contribution is -0.116. The van der Waals surface area contributed by atoms with Crippen LogP contribution < -0.4 is 16.0 Å². The normalized spacial score (nSPS) is 11.8. The van der Waals surface area contributed by atoms with Gasteiger partial charge in [-0.25, -0.2) is 9.37 Å². The maximum absolute atomic E-state index is 13.6. The lowest BCUT2D eigenvalue weighted by atomic mass is 10.1. The Kier molecular flexibility index (Phi) is 10.5. The number of nitrogens with zero attached hydrogens (tertiary/aromatic N) is 1. The Bertz CT molecular complexity index is 2030. The lowest BCUT2D eigenvalue weighted by Gasteiger charge is -2.17. The number of thioether (sulfide) groups is 1. The van der Waals surface area contributed by atoms with E-state index in [4.69, 9.17) is 0 Å². The number of thiophene rings is 1. The largest absolute Gasteiger partial charge is 0.321 e. The van der Waals surface area contributed by atoms with E-state index < -0.39 is 17.1 Å². The fourth-order valence-electron chi connectivity index (χ4n) is 4.57. The van der Waals surface area contributed by atoms with E-state index in [0.717, 1.165) is 20.9 Å². The molecule has 7 nitrogen and oxygen atoms in total. The highest BCUT2D eigenvalue weighted by atomic mass is 32.2. The molecule has 2 aromatic heterocycles. The van der Waals surface area contributed by atoms with Crippen LogP contribution in [0.5, 0.6) is 0 Å². The lowest BCUT2D eigenvalue weighted by Crippen LogP contribution is -2.30. The molecule has 3 N–H and O–H groups in total. The van der Waals surface area contributed by atoms with Crippen LogP contribution in [0, 0.1) is 5.82 Å². The summed E-state index contributed by atoms with van der Waals surface area (Å²) in [6.07, 6.45) is 1.64. The van der Waals surface area contributed by atoms with Gasteiger partial charge >= 0.3 is 0 Å². The van der Waals surface area contributed by atoms with Crippen molar-refractivity contribution in [2.24, 2.45) is 0 Å². The molecule has 0 aliphatic rings. The van der Waals surface area contributed by atoms with Crippen molar-refractivity contribution in [2.75, 3.05) is 10.6 Å². The number of anilines is 2. The summed E-state index contributed by atoms with van der Waals surface area (Å²) in [5.41, 5.74) is 3.27. The standard InChI is InChI=1S/C37H27FN4O3S3/c38-27-15-13-24(14-16-27)32-23-47-37(41-32)42-36(45)33(25-8-3-1-4-9-25)48-29-19-17-28(18-20-29)39-35(44)31(22-30-12-7-21-46-30)40-34(43)26-10-5-2-6-11-26/h1-23,33H,(H,39,44)(H,40,43)(H,41,42,45)/b31-22-. The molecule has 0 radical (unpaired) electrons. The Morgan fingerprint density at radius 2 is 1.48 bits per heavy atom. The molecule has 1 atom stereocenters. The molecule has 11 heteroatoms. The number of carbonyl (C=O) groups excluding carboxylic acids is 3. The van der Waals surface area contributed by atoms with Gasteiger partial charge in [0.1, 0.15) is 16.8 Å². The molecule has 48 heavy (non-hydrogen) atoms. The van der Waals surface area contributed by atoms with Gasteiger partial charge < -0.3 is 16.0 Å². The molecule has 1 unspecified atom stereocenters. The van der Waals surface area contributed by atoms with Crippen LogP contribution in [0.15, 0.2) is 143 Å². The number of rotatable bonds is 11. The zero-order valence-corrected chi connectivity index (χ0v) is 27.6. The summed E-state index contributed by atoms with van der Waals surface area (Å²) >= 11 is 4.10. The molecule has 0 aliphatic heterocycles. The average Bonchev–Trinajstić information content (AvgIpc) is 3.81. The van der Waals surface area contributed by atoms with Gasteiger partial charge in [0, 0.05) is 32.0 Å². The average molecular weight is 691 g/mol. The minimum Gasteiger partial charge on any atom is -0.321 e. The number of aromatic nitrogens is 1. The van der Waals surface area contributed by atoms with E-state index >= 15 is 0 Å². The molecule has 0 bridgehead atoms. The van der Waals surface area contributed by atoms with E-state index in [2.05, 4.69) is 20.9 Å². The number of thiazole rings is 1. The van der Waals surface area contributed by atoms with Crippen molar-refractivity contribution in [1.82, 2.24) is 10.3 Å². The van der Waals surface area contributed by atoms with Crippen molar-refractivity contribution >= 4 is 69.1 Å². The first-order chi connectivity index (χ1) is 23.4. The molecule has 238 valence electrons. The zero-order valence-electron chi connectivity index (χ0n) is 25.1. The number of amides is 3. The van der Waals surface area contributed by atoms with Crippen LogP contribution in [0.2, 0.25) is 0 Å². The first-order valence-corrected chi connectivity index (χ1v) is 17.3. The Morgan fingerprint density at radius 3 is 2.17 bits per heavy atom. The summed E-state index contributed by atoms with van der Waals surface area (Å²) < 4.78 is 13.4. The van der Waals surface area contributed by atoms with E-state index in [-0.39, 0.29) is 17.4 Å². The third-order valence-electron chi connectivity index (χ3n) is 6.94. The number of nitrogens with one attached hydrogen (secondary N) is 3. The Labute approximate surface area is 288 Å². The highest BCUT2D eigenvalue weighted by molar-refractivity contribution is 8.00. The topological polar surface area (TPSA) is 100 Å². The van der Waals surface area contributed by atoms with Gasteiger partial charge in [0.15, 0.2) is 5.13 Å². The Morgan fingerprint density at radius 1 is 0.771 bits per heavy atom. The fourth-order valence-corrected chi connectivity index (χ4v) is 6.97. The van der Waals surface area contributed by atoms with Crippen LogP contribution >= 0.6 is 34.4 Å². The predicted molar refractivity (Wildman–Crippen MR) is 192 cm³/mol. The SMILES string of the molecule is O=C(Nc1ccc(SC(C(=O)Nc2nc(-c3ccc(F)cc3)cs2)c2ccccc2)cc1)/C(=C/c1cccs1)NC(=O)c1ccccc1. The van der Waals surface area contributed by atoms with Crippen LogP contribution in [0.25, 0.3) is 17.3 Å². The van der Waals surface area contributed by atoms with Gasteiger partial charge in [-0.1, -0.05) is 54.6 Å². The monoisotopic (exact) mass is 690 g/mol. The minimum absolute atomic E-state index is 0.107. The Hall–Kier alpha value is -5.36. The van der Waals surface area contributed by atoms with Crippen LogP contribution in [0.3, 0.4) is 0 Å². The molecule has 2 heterocycles. The second kappa shape index (κ2) is 15.5. The van der Waals surface area contributed by atoms with Crippen LogP contribution in [0.4, 0.5) is 15.2 Å². The summed E-state index contributed by atoms with van der Waals surface area (Å²) in [5, 5.41) is 12.1. The first kappa shape index (κ1) is 32.6. The molecule has 6 aromatic rings. The molecular weight excluding hydrogens is 664 g/mol. The van der Waals surface area contributed by atoms with Gasteiger partial charge in [-0.05, 0) is 83.7 Å². The van der Waals surface area contributed by atoms with Gasteiger partial charge in [-0.15, -0.1) is 34.4 Å². The van der Waals surface area contributed by atoms with Gasteiger partial charge in [0.2, 0.25) is 5.91 Å². The number of carbonyl (C=O) groups is 3. The van der Waals surface area contributed by atoms with Crippen molar-refractivity contribution in [3.63, 3.8) is 0 Å². The third-order valence-corrected chi connectivity index (χ3v) is 9.78. The number of halogens is 1. The molecular formula is C37H27FN4O3S3. The number of hydrogen-bond acceptors (Lipinski definition) is 7. The zero-order chi connectivity index (χ0) is 33.3. The van der Waals surface area contributed by atoms with E-state index in [0.29, 0.717) is 22.1 Å². The van der Waals surface area contributed by atoms with E-state index in [1.807, 2.05) is 71.4 Å². The maximum Gasteiger partial charge on any atom is 0.272 e. The van der Waals surface area contributed by atoms with Crippen molar-refractivity contribution < 1.29 is 18.8 Å². The number of benzene rings is 4. The van der Waals surface area contributed by atoms with Gasteiger partial charge in [0.05, 0.1) is 5.69 Å². The maximum atomic E-state index is 13.6. The Balaban J connectivity index is 1.15. The van der Waals surface area contributed by atoms with Gasteiger partial charge in [0.25, 0.3) is 11.8 Å². The summed E-state index contributed by atoms with van der Waals surface area (Å²) in [4.78, 5) is 46.0. The third kappa shape index (κ3) is 8.51. The van der Waals surface area contributed by atoms with E-state index in [1.165, 1.54) is 46.6 Å². The predicted octanol–water partition coefficient (Wildman–Crippen LogP) is 8.89. The molecule has 0 fully saturated rings. The van der Waals surface area contributed by atoms with Crippen molar-refractivity contribution in [3.05, 3.63) is 160 Å². The van der Waals surface area contributed by atoms with Crippen molar-refractivity contribution in [2.45, 2.75) is 10.1 Å². The van der Waals surface area contributed by atoms with Crippen molar-refractivity contribution in [1.29, 1.82) is 0 Å². The quantitative estimate of drug-likeness (QED) is 0.0932. The molecule has 0 saturated carbocycles.